The summed E-state index contributed by atoms with van der Waals surface area (Å²) in [5.41, 5.74) is 2.06. The molecule has 0 aromatic heterocycles. The molecule has 0 unspecified atom stereocenters. The molecule has 0 atom stereocenters. The van der Waals surface area contributed by atoms with Gasteiger partial charge in [0.1, 0.15) is 34.2 Å². The molecule has 0 radical (unpaired) electrons. The average Bonchev–Trinajstić information content (AvgIpc) is 3.32. The van der Waals surface area contributed by atoms with E-state index in [4.69, 9.17) is 18.9 Å². The fourth-order valence-corrected chi connectivity index (χ4v) is 9.30. The summed E-state index contributed by atoms with van der Waals surface area (Å²) in [7, 11) is -8.06. The third-order valence-corrected chi connectivity index (χ3v) is 13.3. The minimum absolute atomic E-state index is 0.0508. The molecule has 0 amide bonds. The molecule has 6 rings (SSSR count). The third kappa shape index (κ3) is 12.2. The monoisotopic (exact) mass is 940 g/mol. The molecule has 0 bridgehead atoms. The van der Waals surface area contributed by atoms with Crippen molar-refractivity contribution >= 4 is 64.3 Å². The highest BCUT2D eigenvalue weighted by molar-refractivity contribution is 7.90. The summed E-state index contributed by atoms with van der Waals surface area (Å²) in [4.78, 5) is -0.131. The molecular formula is C48H56N6O10S2. The standard InChI is InChI=1S/C48H56N6O10S2/c1-5-9-25-63-43-29-33(19-21-39(43)51-53-41-31-45(65(57,58)49-23-27-61-7-3)35-15-11-13-17-37(35)47(41)55)34-20-22-40(44(30-34)64-26-10-6-2)52-54-42-32-46(66(59,60)50-24-28-62-8-4)36-16-12-14-18-38(36)48(42)56/h11-22,29-32,49-50,55-56H,5-10,23-28H2,1-4H3. The zero-order chi connectivity index (χ0) is 47.1. The van der Waals surface area contributed by atoms with Crippen LogP contribution in [0.2, 0.25) is 0 Å². The van der Waals surface area contributed by atoms with Crippen LogP contribution in [-0.4, -0.2) is 79.8 Å². The molecule has 66 heavy (non-hydrogen) atoms. The van der Waals surface area contributed by atoms with E-state index >= 15 is 0 Å². The molecule has 0 aliphatic heterocycles. The van der Waals surface area contributed by atoms with Gasteiger partial charge in [-0.3, -0.25) is 0 Å². The quantitative estimate of drug-likeness (QED) is 0.0314. The second-order valence-electron chi connectivity index (χ2n) is 14.9. The maximum absolute atomic E-state index is 13.5. The Bertz CT molecular complexity index is 2710. The molecule has 16 nitrogen and oxygen atoms in total. The van der Waals surface area contributed by atoms with Crippen molar-refractivity contribution in [2.24, 2.45) is 20.5 Å². The van der Waals surface area contributed by atoms with Crippen molar-refractivity contribution in [1.29, 1.82) is 0 Å². The molecule has 0 heterocycles. The highest BCUT2D eigenvalue weighted by atomic mass is 32.2. The van der Waals surface area contributed by atoms with Gasteiger partial charge in [-0.25, -0.2) is 26.3 Å². The van der Waals surface area contributed by atoms with Gasteiger partial charge in [-0.2, -0.15) is 0 Å². The highest BCUT2D eigenvalue weighted by Gasteiger charge is 2.23. The van der Waals surface area contributed by atoms with Gasteiger partial charge in [-0.05, 0) is 74.2 Å². The van der Waals surface area contributed by atoms with Crippen LogP contribution >= 0.6 is 0 Å². The Kier molecular flexibility index (Phi) is 17.5. The van der Waals surface area contributed by atoms with Crippen molar-refractivity contribution in [3.8, 4) is 34.1 Å². The lowest BCUT2D eigenvalue weighted by molar-refractivity contribution is 0.153. The summed E-state index contributed by atoms with van der Waals surface area (Å²) in [6.07, 6.45) is 3.30. The van der Waals surface area contributed by atoms with E-state index in [0.29, 0.717) is 70.8 Å². The number of nitrogens with zero attached hydrogens (tertiary/aromatic N) is 4. The summed E-state index contributed by atoms with van der Waals surface area (Å²) in [5.74, 6) is 0.342. The van der Waals surface area contributed by atoms with E-state index < -0.39 is 20.0 Å². The van der Waals surface area contributed by atoms with Crippen LogP contribution in [0.4, 0.5) is 22.7 Å². The van der Waals surface area contributed by atoms with E-state index in [1.54, 1.807) is 60.7 Å². The molecule has 0 aliphatic carbocycles. The summed E-state index contributed by atoms with van der Waals surface area (Å²) >= 11 is 0. The fraction of sp³-hybridized carbons (Fsp3) is 0.333. The Morgan fingerprint density at radius 1 is 0.485 bits per heavy atom. The van der Waals surface area contributed by atoms with Gasteiger partial charge in [0.15, 0.2) is 11.5 Å². The normalized spacial score (nSPS) is 12.2. The van der Waals surface area contributed by atoms with Gasteiger partial charge in [0.05, 0.1) is 36.2 Å². The number of sulfonamides is 2. The first-order valence-corrected chi connectivity index (χ1v) is 24.9. The maximum atomic E-state index is 13.5. The minimum atomic E-state index is -4.03. The number of phenols is 2. The predicted molar refractivity (Wildman–Crippen MR) is 256 cm³/mol. The number of ether oxygens (including phenoxy) is 4. The van der Waals surface area contributed by atoms with Crippen LogP contribution in [0.1, 0.15) is 53.4 Å². The molecule has 0 spiro atoms. The summed E-state index contributed by atoms with van der Waals surface area (Å²) in [6.45, 7) is 9.92. The lowest BCUT2D eigenvalue weighted by Gasteiger charge is -2.14. The number of phenolic OH excluding ortho intramolecular Hbond substituents is 2. The number of aromatic hydroxyl groups is 2. The lowest BCUT2D eigenvalue weighted by atomic mass is 10.0. The molecule has 0 saturated carbocycles. The van der Waals surface area contributed by atoms with Crippen LogP contribution < -0.4 is 18.9 Å². The molecule has 0 aliphatic rings. The van der Waals surface area contributed by atoms with Crippen LogP contribution in [0.25, 0.3) is 32.7 Å². The van der Waals surface area contributed by atoms with Crippen molar-refractivity contribution in [2.45, 2.75) is 63.2 Å². The molecule has 0 fully saturated rings. The highest BCUT2D eigenvalue weighted by Crippen LogP contribution is 2.43. The Balaban J connectivity index is 1.35. The van der Waals surface area contributed by atoms with E-state index in [1.165, 1.54) is 12.1 Å². The molecule has 350 valence electrons. The van der Waals surface area contributed by atoms with E-state index in [2.05, 4.69) is 29.9 Å². The number of rotatable bonds is 25. The van der Waals surface area contributed by atoms with E-state index in [1.807, 2.05) is 52.0 Å². The number of azo groups is 2. The first-order chi connectivity index (χ1) is 31.9. The number of fused-ring (bicyclic) bond motifs is 2. The van der Waals surface area contributed by atoms with Gasteiger partial charge in [0, 0.05) is 47.8 Å². The molecule has 6 aromatic rings. The molecule has 0 saturated heterocycles. The first kappa shape index (κ1) is 49.4. The fourth-order valence-electron chi connectivity index (χ4n) is 6.82. The largest absolute Gasteiger partial charge is 0.505 e. The zero-order valence-electron chi connectivity index (χ0n) is 37.5. The Hall–Kier alpha value is -6.02. The van der Waals surface area contributed by atoms with Crippen LogP contribution in [0, 0.1) is 0 Å². The van der Waals surface area contributed by atoms with Crippen LogP contribution in [0.15, 0.2) is 127 Å². The summed E-state index contributed by atoms with van der Waals surface area (Å²) in [6, 6.07) is 26.5. The summed E-state index contributed by atoms with van der Waals surface area (Å²) in [5, 5.41) is 41.4. The van der Waals surface area contributed by atoms with Crippen LogP contribution in [-0.2, 0) is 29.5 Å². The lowest BCUT2D eigenvalue weighted by Crippen LogP contribution is -2.27. The van der Waals surface area contributed by atoms with Gasteiger partial charge in [-0.15, -0.1) is 20.5 Å². The smallest absolute Gasteiger partial charge is 0.241 e. The van der Waals surface area contributed by atoms with Crippen molar-refractivity contribution in [3.05, 3.63) is 97.1 Å². The zero-order valence-corrected chi connectivity index (χ0v) is 39.1. The first-order valence-electron chi connectivity index (χ1n) is 21.9. The van der Waals surface area contributed by atoms with E-state index in [9.17, 15) is 27.0 Å². The number of nitrogens with one attached hydrogen (secondary N) is 2. The summed E-state index contributed by atoms with van der Waals surface area (Å²) < 4.78 is 82.1. The Morgan fingerprint density at radius 3 is 1.24 bits per heavy atom. The number of unbranched alkanes of at least 4 members (excludes halogenated alkanes) is 2. The second kappa shape index (κ2) is 23.4. The number of hydrogen-bond acceptors (Lipinski definition) is 14. The predicted octanol–water partition coefficient (Wildman–Crippen LogP) is 10.9. The van der Waals surface area contributed by atoms with Crippen molar-refractivity contribution in [2.75, 3.05) is 52.7 Å². The van der Waals surface area contributed by atoms with Crippen LogP contribution in [0.3, 0.4) is 0 Å². The maximum Gasteiger partial charge on any atom is 0.241 e. The topological polar surface area (TPSA) is 219 Å². The molecule has 18 heteroatoms. The van der Waals surface area contributed by atoms with Gasteiger partial charge >= 0.3 is 0 Å². The third-order valence-electron chi connectivity index (χ3n) is 10.3. The Morgan fingerprint density at radius 2 is 0.864 bits per heavy atom. The van der Waals surface area contributed by atoms with Gasteiger partial charge in [0.2, 0.25) is 20.0 Å². The molecular weight excluding hydrogens is 885 g/mol. The van der Waals surface area contributed by atoms with E-state index in [-0.39, 0.29) is 59.0 Å². The van der Waals surface area contributed by atoms with Gasteiger partial charge in [0.25, 0.3) is 0 Å². The average molecular weight is 941 g/mol. The SMILES string of the molecule is CCCCOc1cc(-c2ccc(N=Nc3cc(S(=O)(=O)NCCOCC)c4ccccc4c3O)c(OCCCC)c2)ccc1N=Nc1cc(S(=O)(=O)NCCOCC)c2ccccc2c1O. The second-order valence-corrected chi connectivity index (χ2v) is 18.4. The number of hydrogen-bond donors (Lipinski definition) is 4. The van der Waals surface area contributed by atoms with Gasteiger partial charge in [-0.1, -0.05) is 87.4 Å². The minimum Gasteiger partial charge on any atom is -0.505 e. The van der Waals surface area contributed by atoms with Gasteiger partial charge < -0.3 is 29.2 Å². The van der Waals surface area contributed by atoms with Crippen molar-refractivity contribution in [3.63, 3.8) is 0 Å². The Labute approximate surface area is 385 Å². The molecule has 4 N–H and O–H groups in total. The van der Waals surface area contributed by atoms with E-state index in [0.717, 1.165) is 36.8 Å². The molecule has 6 aromatic carbocycles. The number of benzene rings is 6. The van der Waals surface area contributed by atoms with Crippen LogP contribution in [0.5, 0.6) is 23.0 Å². The van der Waals surface area contributed by atoms with Crippen molar-refractivity contribution in [1.82, 2.24) is 9.44 Å². The van der Waals surface area contributed by atoms with Crippen molar-refractivity contribution < 1.29 is 46.0 Å².